The topological polar surface area (TPSA) is 105 Å². The van der Waals surface area contributed by atoms with Crippen molar-refractivity contribution in [3.05, 3.63) is 65.7 Å². The Morgan fingerprint density at radius 1 is 1.00 bits per heavy atom. The van der Waals surface area contributed by atoms with E-state index in [1.807, 2.05) is 54.6 Å². The van der Waals surface area contributed by atoms with Gasteiger partial charge in [0.1, 0.15) is 6.04 Å². The number of hydrogen-bond donors (Lipinski definition) is 3. The molecule has 3 rings (SSSR count). The van der Waals surface area contributed by atoms with Crippen molar-refractivity contribution in [2.75, 3.05) is 18.4 Å². The Morgan fingerprint density at radius 3 is 2.21 bits per heavy atom. The van der Waals surface area contributed by atoms with Crippen LogP contribution in [0.3, 0.4) is 0 Å². The highest BCUT2D eigenvalue weighted by Crippen LogP contribution is 2.19. The summed E-state index contributed by atoms with van der Waals surface area (Å²) in [5, 5.41) is 5.65. The molecule has 2 aromatic carbocycles. The fourth-order valence-corrected chi connectivity index (χ4v) is 4.02. The first-order chi connectivity index (χ1) is 15.9. The molecule has 34 heavy (non-hydrogen) atoms. The molecular weight excluding hydrogens is 452 g/mol. The van der Waals surface area contributed by atoms with Crippen LogP contribution in [0.4, 0.5) is 5.69 Å². The molecule has 0 saturated carbocycles. The van der Waals surface area contributed by atoms with Crippen LogP contribution < -0.4 is 16.4 Å². The molecule has 1 heterocycles. The van der Waals surface area contributed by atoms with E-state index in [1.54, 1.807) is 11.8 Å². The van der Waals surface area contributed by atoms with Crippen LogP contribution in [0.2, 0.25) is 0 Å². The zero-order chi connectivity index (χ0) is 23.8. The Bertz CT molecular complexity index is 944. The van der Waals surface area contributed by atoms with Gasteiger partial charge in [-0.25, -0.2) is 0 Å². The standard InChI is InChI=1S/C26H34N4O3.ClH/c1-3-19-9-11-22(12-10-19)29-24(31)18(2)28-25(32)21-13-15-30(16-14-21)26(33)23(27)17-20-7-5-4-6-8-20;/h4-12,18,21,23H,3,13-17,27H2,1-2H3,(H,28,32)(H,29,31);1H/t18-,23-;/m0./s1. The molecule has 0 spiro atoms. The van der Waals surface area contributed by atoms with Crippen molar-refractivity contribution < 1.29 is 14.4 Å². The molecule has 1 aliphatic heterocycles. The second-order valence-corrected chi connectivity index (χ2v) is 8.67. The number of likely N-dealkylation sites (tertiary alicyclic amines) is 1. The summed E-state index contributed by atoms with van der Waals surface area (Å²) in [5.41, 5.74) is 9.07. The Morgan fingerprint density at radius 2 is 1.62 bits per heavy atom. The third kappa shape index (κ3) is 7.57. The van der Waals surface area contributed by atoms with Crippen molar-refractivity contribution in [3.8, 4) is 0 Å². The predicted octanol–water partition coefficient (Wildman–Crippen LogP) is 2.92. The zero-order valence-corrected chi connectivity index (χ0v) is 20.6. The van der Waals surface area contributed by atoms with Gasteiger partial charge in [0.15, 0.2) is 0 Å². The number of anilines is 1. The minimum Gasteiger partial charge on any atom is -0.344 e. The number of aryl methyl sites for hydroxylation is 1. The van der Waals surface area contributed by atoms with Gasteiger partial charge in [-0.2, -0.15) is 0 Å². The van der Waals surface area contributed by atoms with Crippen LogP contribution in [-0.2, 0) is 27.2 Å². The van der Waals surface area contributed by atoms with Crippen LogP contribution >= 0.6 is 12.4 Å². The molecule has 0 aliphatic carbocycles. The van der Waals surface area contributed by atoms with Crippen LogP contribution in [0, 0.1) is 5.92 Å². The number of amides is 3. The first-order valence-electron chi connectivity index (χ1n) is 11.7. The van der Waals surface area contributed by atoms with E-state index in [9.17, 15) is 14.4 Å². The molecule has 1 saturated heterocycles. The van der Waals surface area contributed by atoms with E-state index in [1.165, 1.54) is 5.56 Å². The largest absolute Gasteiger partial charge is 0.344 e. The number of nitrogens with zero attached hydrogens (tertiary/aromatic N) is 1. The molecule has 8 heteroatoms. The summed E-state index contributed by atoms with van der Waals surface area (Å²) in [5.74, 6) is -0.718. The number of carbonyl (C=O) groups excluding carboxylic acids is 3. The van der Waals surface area contributed by atoms with Gasteiger partial charge in [0.25, 0.3) is 0 Å². The number of benzene rings is 2. The van der Waals surface area contributed by atoms with Crippen molar-refractivity contribution in [2.45, 2.75) is 51.6 Å². The van der Waals surface area contributed by atoms with Gasteiger partial charge in [-0.15, -0.1) is 12.4 Å². The Hall–Kier alpha value is -2.90. The molecule has 0 aromatic heterocycles. The molecule has 3 amide bonds. The van der Waals surface area contributed by atoms with Crippen molar-refractivity contribution >= 4 is 35.8 Å². The highest BCUT2D eigenvalue weighted by atomic mass is 35.5. The van der Waals surface area contributed by atoms with E-state index in [4.69, 9.17) is 5.73 Å². The minimum atomic E-state index is -0.651. The van der Waals surface area contributed by atoms with E-state index >= 15 is 0 Å². The highest BCUT2D eigenvalue weighted by Gasteiger charge is 2.30. The van der Waals surface area contributed by atoms with Crippen LogP contribution in [0.15, 0.2) is 54.6 Å². The Labute approximate surface area is 207 Å². The van der Waals surface area contributed by atoms with Crippen LogP contribution in [0.25, 0.3) is 0 Å². The van der Waals surface area contributed by atoms with E-state index in [2.05, 4.69) is 17.6 Å². The second kappa shape index (κ2) is 13.1. The number of halogens is 1. The van der Waals surface area contributed by atoms with Gasteiger partial charge in [0, 0.05) is 24.7 Å². The molecule has 184 valence electrons. The van der Waals surface area contributed by atoms with Gasteiger partial charge < -0.3 is 21.3 Å². The molecule has 0 unspecified atom stereocenters. The monoisotopic (exact) mass is 486 g/mol. The molecular formula is C26H35ClN4O3. The van der Waals surface area contributed by atoms with Crippen LogP contribution in [0.1, 0.15) is 37.8 Å². The SMILES string of the molecule is CCc1ccc(NC(=O)[C@H](C)NC(=O)C2CCN(C(=O)[C@@H](N)Cc3ccccc3)CC2)cc1.Cl. The molecule has 1 aliphatic rings. The first kappa shape index (κ1) is 27.3. The minimum absolute atomic E-state index is 0. The maximum Gasteiger partial charge on any atom is 0.246 e. The fourth-order valence-electron chi connectivity index (χ4n) is 4.02. The number of hydrogen-bond acceptors (Lipinski definition) is 4. The number of nitrogens with two attached hydrogens (primary N) is 1. The fraction of sp³-hybridized carbons (Fsp3) is 0.423. The van der Waals surface area contributed by atoms with Crippen LogP contribution in [-0.4, -0.2) is 47.8 Å². The van der Waals surface area contributed by atoms with Gasteiger partial charge >= 0.3 is 0 Å². The molecule has 2 atom stereocenters. The molecule has 4 N–H and O–H groups in total. The molecule has 1 fully saturated rings. The second-order valence-electron chi connectivity index (χ2n) is 8.67. The normalized spacial score (nSPS) is 15.6. The average molecular weight is 487 g/mol. The third-order valence-corrected chi connectivity index (χ3v) is 6.17. The van der Waals surface area contributed by atoms with E-state index in [0.29, 0.717) is 38.0 Å². The summed E-state index contributed by atoms with van der Waals surface area (Å²) in [6.45, 7) is 4.73. The number of carbonyl (C=O) groups is 3. The third-order valence-electron chi connectivity index (χ3n) is 6.17. The summed E-state index contributed by atoms with van der Waals surface area (Å²) in [7, 11) is 0. The summed E-state index contributed by atoms with van der Waals surface area (Å²) >= 11 is 0. The lowest BCUT2D eigenvalue weighted by atomic mass is 9.94. The molecule has 2 aromatic rings. The van der Waals surface area contributed by atoms with Crippen molar-refractivity contribution in [3.63, 3.8) is 0 Å². The number of piperidine rings is 1. The van der Waals surface area contributed by atoms with Gasteiger partial charge in [-0.1, -0.05) is 49.4 Å². The van der Waals surface area contributed by atoms with Crippen molar-refractivity contribution in [1.82, 2.24) is 10.2 Å². The predicted molar refractivity (Wildman–Crippen MR) is 137 cm³/mol. The summed E-state index contributed by atoms with van der Waals surface area (Å²) < 4.78 is 0. The van der Waals surface area contributed by atoms with Crippen molar-refractivity contribution in [1.29, 1.82) is 0 Å². The smallest absolute Gasteiger partial charge is 0.246 e. The molecule has 7 nitrogen and oxygen atoms in total. The van der Waals surface area contributed by atoms with Crippen LogP contribution in [0.5, 0.6) is 0 Å². The molecule has 0 bridgehead atoms. The summed E-state index contributed by atoms with van der Waals surface area (Å²) in [6, 6.07) is 16.1. The lowest BCUT2D eigenvalue weighted by Gasteiger charge is -2.33. The maximum absolute atomic E-state index is 12.7. The van der Waals surface area contributed by atoms with Gasteiger partial charge in [-0.3, -0.25) is 14.4 Å². The van der Waals surface area contributed by atoms with E-state index in [0.717, 1.165) is 12.0 Å². The van der Waals surface area contributed by atoms with Gasteiger partial charge in [-0.05, 0) is 55.9 Å². The Balaban J connectivity index is 0.00000408. The van der Waals surface area contributed by atoms with E-state index < -0.39 is 12.1 Å². The Kier molecular flexibility index (Phi) is 10.5. The van der Waals surface area contributed by atoms with E-state index in [-0.39, 0.29) is 36.0 Å². The quantitative estimate of drug-likeness (QED) is 0.533. The summed E-state index contributed by atoms with van der Waals surface area (Å²) in [6.07, 6.45) is 2.54. The lowest BCUT2D eigenvalue weighted by molar-refractivity contribution is -0.137. The average Bonchev–Trinajstić information content (AvgIpc) is 2.84. The van der Waals surface area contributed by atoms with Gasteiger partial charge in [0.05, 0.1) is 6.04 Å². The number of nitrogens with one attached hydrogen (secondary N) is 2. The maximum atomic E-state index is 12.7. The highest BCUT2D eigenvalue weighted by molar-refractivity contribution is 5.97. The lowest BCUT2D eigenvalue weighted by Crippen LogP contribution is -2.51. The molecule has 0 radical (unpaired) electrons. The van der Waals surface area contributed by atoms with Crippen molar-refractivity contribution in [2.24, 2.45) is 11.7 Å². The zero-order valence-electron chi connectivity index (χ0n) is 19.8. The summed E-state index contributed by atoms with van der Waals surface area (Å²) in [4.78, 5) is 39.6. The van der Waals surface area contributed by atoms with Gasteiger partial charge in [0.2, 0.25) is 17.7 Å². The number of rotatable bonds is 8. The first-order valence-corrected chi connectivity index (χ1v) is 11.7.